The van der Waals surface area contributed by atoms with E-state index in [4.69, 9.17) is 0 Å². The van der Waals surface area contributed by atoms with Crippen LogP contribution in [-0.2, 0) is 16.9 Å². The molecule has 0 N–H and O–H groups in total. The predicted molar refractivity (Wildman–Crippen MR) is 109 cm³/mol. The van der Waals surface area contributed by atoms with Crippen molar-refractivity contribution in [2.24, 2.45) is 5.41 Å². The lowest BCUT2D eigenvalue weighted by molar-refractivity contribution is -0.143. The predicted octanol–water partition coefficient (Wildman–Crippen LogP) is 5.37. The smallest absolute Gasteiger partial charge is 0.229 e. The monoisotopic (exact) mass is 355 g/mol. The van der Waals surface area contributed by atoms with E-state index in [1.54, 1.807) is 0 Å². The highest BCUT2D eigenvalue weighted by Gasteiger charge is 2.51. The van der Waals surface area contributed by atoms with Crippen LogP contribution in [0.2, 0.25) is 0 Å². The zero-order chi connectivity index (χ0) is 19.1. The molecule has 2 nitrogen and oxygen atoms in total. The lowest BCUT2D eigenvalue weighted by Gasteiger charge is -2.43. The first-order valence-corrected chi connectivity index (χ1v) is 9.47. The minimum Gasteiger partial charge on any atom is -0.320 e. The molecule has 136 valence electrons. The minimum atomic E-state index is -0.608. The van der Waals surface area contributed by atoms with E-state index in [9.17, 15) is 4.79 Å². The van der Waals surface area contributed by atoms with Gasteiger partial charge in [-0.05, 0) is 22.3 Å². The van der Waals surface area contributed by atoms with Gasteiger partial charge in [-0.25, -0.2) is 0 Å². The number of fused-ring (bicyclic) bond motifs is 1. The zero-order valence-corrected chi connectivity index (χ0v) is 16.1. The average Bonchev–Trinajstić information content (AvgIpc) is 3.04. The van der Waals surface area contributed by atoms with E-state index in [0.29, 0.717) is 6.54 Å². The average molecular weight is 355 g/mol. The molecule has 3 aromatic carbocycles. The van der Waals surface area contributed by atoms with Gasteiger partial charge in [0.2, 0.25) is 5.91 Å². The largest absolute Gasteiger partial charge is 0.320 e. The first kappa shape index (κ1) is 17.5. The third-order valence-corrected chi connectivity index (χ3v) is 5.41. The molecule has 0 atom stereocenters. The molecule has 0 bridgehead atoms. The second-order valence-electron chi connectivity index (χ2n) is 8.24. The molecular weight excluding hydrogens is 330 g/mol. The molecule has 27 heavy (non-hydrogen) atoms. The van der Waals surface area contributed by atoms with Crippen molar-refractivity contribution in [3.05, 3.63) is 107 Å². The van der Waals surface area contributed by atoms with Gasteiger partial charge in [0.05, 0.1) is 0 Å². The molecule has 1 heterocycles. The van der Waals surface area contributed by atoms with Gasteiger partial charge in [0.1, 0.15) is 5.54 Å². The highest BCUT2D eigenvalue weighted by molar-refractivity contribution is 5.85. The summed E-state index contributed by atoms with van der Waals surface area (Å²) in [5.41, 5.74) is 3.58. The third-order valence-electron chi connectivity index (χ3n) is 5.41. The Balaban J connectivity index is 2.08. The van der Waals surface area contributed by atoms with Gasteiger partial charge in [-0.1, -0.05) is 106 Å². The van der Waals surface area contributed by atoms with Gasteiger partial charge < -0.3 is 4.90 Å². The lowest BCUT2D eigenvalue weighted by Crippen LogP contribution is -2.50. The van der Waals surface area contributed by atoms with Crippen LogP contribution >= 0.6 is 0 Å². The molecular formula is C25H25NO. The fourth-order valence-corrected chi connectivity index (χ4v) is 4.22. The lowest BCUT2D eigenvalue weighted by atomic mass is 9.76. The molecule has 3 aromatic rings. The number of rotatable bonds is 2. The second-order valence-corrected chi connectivity index (χ2v) is 8.24. The van der Waals surface area contributed by atoms with Crippen LogP contribution in [0.5, 0.6) is 0 Å². The molecule has 0 radical (unpaired) electrons. The standard InChI is InChI=1S/C25H25NO/c1-24(2,3)23(27)26-18-19-12-10-11-17-22(19)25(26,20-13-6-4-7-14-20)21-15-8-5-9-16-21/h4-17H,18H2,1-3H3. The maximum Gasteiger partial charge on any atom is 0.229 e. The molecule has 1 amide bonds. The van der Waals surface area contributed by atoms with Crippen molar-refractivity contribution in [1.29, 1.82) is 0 Å². The van der Waals surface area contributed by atoms with Crippen molar-refractivity contribution >= 4 is 5.91 Å². The number of carbonyl (C=O) groups excluding carboxylic acids is 1. The molecule has 1 aliphatic heterocycles. The number of amides is 1. The Kier molecular flexibility index (Phi) is 4.15. The van der Waals surface area contributed by atoms with Crippen LogP contribution in [0.3, 0.4) is 0 Å². The zero-order valence-electron chi connectivity index (χ0n) is 16.1. The SMILES string of the molecule is CC(C)(C)C(=O)N1Cc2ccccc2C1(c1ccccc1)c1ccccc1. The van der Waals surface area contributed by atoms with Crippen LogP contribution < -0.4 is 0 Å². The molecule has 4 rings (SSSR count). The Morgan fingerprint density at radius 3 is 1.78 bits per heavy atom. The van der Waals surface area contributed by atoms with Gasteiger partial charge in [-0.15, -0.1) is 0 Å². The highest BCUT2D eigenvalue weighted by Crippen LogP contribution is 2.50. The van der Waals surface area contributed by atoms with E-state index in [2.05, 4.69) is 77.7 Å². The normalized spacial score (nSPS) is 15.4. The Morgan fingerprint density at radius 2 is 1.26 bits per heavy atom. The second kappa shape index (κ2) is 6.38. The van der Waals surface area contributed by atoms with E-state index in [1.807, 2.05) is 32.9 Å². The summed E-state index contributed by atoms with van der Waals surface area (Å²) in [6.45, 7) is 6.62. The molecule has 0 unspecified atom stereocenters. The summed E-state index contributed by atoms with van der Waals surface area (Å²) in [7, 11) is 0. The summed E-state index contributed by atoms with van der Waals surface area (Å²) in [4.78, 5) is 15.7. The van der Waals surface area contributed by atoms with Gasteiger partial charge in [0.25, 0.3) is 0 Å². The number of nitrogens with zero attached hydrogens (tertiary/aromatic N) is 1. The van der Waals surface area contributed by atoms with Crippen LogP contribution in [0.25, 0.3) is 0 Å². The summed E-state index contributed by atoms with van der Waals surface area (Å²) in [5, 5.41) is 0. The molecule has 0 spiro atoms. The Morgan fingerprint density at radius 1 is 0.778 bits per heavy atom. The number of hydrogen-bond donors (Lipinski definition) is 0. The van der Waals surface area contributed by atoms with Crippen LogP contribution in [0.4, 0.5) is 0 Å². The summed E-state index contributed by atoms with van der Waals surface area (Å²) in [6.07, 6.45) is 0. The third kappa shape index (κ3) is 2.68. The van der Waals surface area contributed by atoms with Crippen LogP contribution in [0.15, 0.2) is 84.9 Å². The molecule has 0 saturated heterocycles. The van der Waals surface area contributed by atoms with Gasteiger partial charge >= 0.3 is 0 Å². The van der Waals surface area contributed by atoms with Crippen molar-refractivity contribution in [3.63, 3.8) is 0 Å². The van der Waals surface area contributed by atoms with E-state index in [-0.39, 0.29) is 5.91 Å². The number of carbonyl (C=O) groups is 1. The maximum atomic E-state index is 13.6. The summed E-state index contributed by atoms with van der Waals surface area (Å²) < 4.78 is 0. The fourth-order valence-electron chi connectivity index (χ4n) is 4.22. The van der Waals surface area contributed by atoms with Gasteiger partial charge in [-0.2, -0.15) is 0 Å². The van der Waals surface area contributed by atoms with Crippen molar-refractivity contribution < 1.29 is 4.79 Å². The summed E-state index contributed by atoms with van der Waals surface area (Å²) >= 11 is 0. The Hall–Kier alpha value is -2.87. The number of benzene rings is 3. The topological polar surface area (TPSA) is 20.3 Å². The van der Waals surface area contributed by atoms with E-state index >= 15 is 0 Å². The molecule has 0 aromatic heterocycles. The number of hydrogen-bond acceptors (Lipinski definition) is 1. The van der Waals surface area contributed by atoms with Crippen LogP contribution in [-0.4, -0.2) is 10.8 Å². The Bertz CT molecular complexity index is 915. The molecule has 2 heteroatoms. The first-order valence-electron chi connectivity index (χ1n) is 9.47. The fraction of sp³-hybridized carbons (Fsp3) is 0.240. The van der Waals surface area contributed by atoms with Gasteiger partial charge in [0, 0.05) is 12.0 Å². The Labute approximate surface area is 161 Å². The van der Waals surface area contributed by atoms with Crippen LogP contribution in [0.1, 0.15) is 43.0 Å². The van der Waals surface area contributed by atoms with Gasteiger partial charge in [0.15, 0.2) is 0 Å². The summed E-state index contributed by atoms with van der Waals surface area (Å²) in [6, 6.07) is 29.3. The van der Waals surface area contributed by atoms with Crippen molar-refractivity contribution in [1.82, 2.24) is 4.90 Å². The molecule has 0 fully saturated rings. The molecule has 1 aliphatic rings. The van der Waals surface area contributed by atoms with Crippen molar-refractivity contribution in [2.75, 3.05) is 0 Å². The quantitative estimate of drug-likeness (QED) is 0.605. The summed E-state index contributed by atoms with van der Waals surface area (Å²) in [5.74, 6) is 0.159. The van der Waals surface area contributed by atoms with Crippen molar-refractivity contribution in [3.8, 4) is 0 Å². The maximum absolute atomic E-state index is 13.6. The minimum absolute atomic E-state index is 0.159. The van der Waals surface area contributed by atoms with E-state index in [1.165, 1.54) is 11.1 Å². The van der Waals surface area contributed by atoms with E-state index in [0.717, 1.165) is 11.1 Å². The molecule has 0 saturated carbocycles. The molecule has 0 aliphatic carbocycles. The van der Waals surface area contributed by atoms with Crippen molar-refractivity contribution in [2.45, 2.75) is 32.9 Å². The first-order chi connectivity index (χ1) is 13.0. The van der Waals surface area contributed by atoms with Crippen LogP contribution in [0, 0.1) is 5.41 Å². The van der Waals surface area contributed by atoms with Gasteiger partial charge in [-0.3, -0.25) is 4.79 Å². The highest BCUT2D eigenvalue weighted by atomic mass is 16.2. The van der Waals surface area contributed by atoms with E-state index < -0.39 is 11.0 Å².